The van der Waals surface area contributed by atoms with Crippen molar-refractivity contribution in [3.8, 4) is 0 Å². The molecule has 2 N–H and O–H groups in total. The molecule has 1 amide bonds. The molecule has 0 spiro atoms. The summed E-state index contributed by atoms with van der Waals surface area (Å²) in [5, 5.41) is 0. The number of ether oxygens (including phenoxy) is 1. The molecule has 1 saturated heterocycles. The Morgan fingerprint density at radius 2 is 1.79 bits per heavy atom. The molecule has 0 radical (unpaired) electrons. The minimum atomic E-state index is -0.287. The Bertz CT molecular complexity index is 105. The number of thiol groups is 1. The minimum absolute atomic E-state index is 0.287. The van der Waals surface area contributed by atoms with E-state index in [1.54, 1.807) is 0 Å². The molecule has 86 valence electrons. The van der Waals surface area contributed by atoms with Gasteiger partial charge in [0, 0.05) is 19.6 Å². The fraction of sp³-hybridized carbons (Fsp3) is 0.900. The number of carbonyl (C=O) groups is 1. The first-order chi connectivity index (χ1) is 6.77. The fourth-order valence-electron chi connectivity index (χ4n) is 0.797. The summed E-state index contributed by atoms with van der Waals surface area (Å²) in [6.07, 6.45) is 4.31. The number of carbonyl (C=O) groups excluding carboxylic acids is 1. The molecule has 1 heterocycles. The van der Waals surface area contributed by atoms with Crippen molar-refractivity contribution in [1.82, 2.24) is 0 Å². The van der Waals surface area contributed by atoms with E-state index in [2.05, 4.69) is 12.6 Å². The van der Waals surface area contributed by atoms with Gasteiger partial charge < -0.3 is 10.5 Å². The summed E-state index contributed by atoms with van der Waals surface area (Å²) in [7, 11) is 0. The molecular weight excluding hydrogens is 198 g/mol. The molecule has 0 atom stereocenters. The summed E-state index contributed by atoms with van der Waals surface area (Å²) in [5.74, 6) is 0.264. The van der Waals surface area contributed by atoms with Gasteiger partial charge in [-0.15, -0.1) is 0 Å². The van der Waals surface area contributed by atoms with Crippen LogP contribution in [-0.4, -0.2) is 24.9 Å². The van der Waals surface area contributed by atoms with E-state index in [-0.39, 0.29) is 5.91 Å². The predicted molar refractivity (Wildman–Crippen MR) is 63.7 cm³/mol. The third-order valence-corrected chi connectivity index (χ3v) is 1.66. The van der Waals surface area contributed by atoms with Crippen molar-refractivity contribution in [1.29, 1.82) is 0 Å². The maximum Gasteiger partial charge on any atom is 0.218 e. The minimum Gasteiger partial charge on any atom is -0.381 e. The van der Waals surface area contributed by atoms with E-state index in [4.69, 9.17) is 10.5 Å². The predicted octanol–water partition coefficient (Wildman–Crippen LogP) is 2.00. The molecule has 14 heavy (non-hydrogen) atoms. The lowest BCUT2D eigenvalue weighted by Gasteiger charge is -2.08. The molecule has 1 rings (SSSR count). The molecule has 0 saturated carbocycles. The van der Waals surface area contributed by atoms with Crippen molar-refractivity contribution in [2.75, 3.05) is 19.0 Å². The van der Waals surface area contributed by atoms with E-state index < -0.39 is 0 Å². The van der Waals surface area contributed by atoms with Crippen molar-refractivity contribution in [2.45, 2.75) is 39.5 Å². The number of primary amides is 1. The summed E-state index contributed by atoms with van der Waals surface area (Å²) >= 11 is 3.76. The van der Waals surface area contributed by atoms with Crippen LogP contribution in [-0.2, 0) is 9.53 Å². The highest BCUT2D eigenvalue weighted by atomic mass is 32.1. The Kier molecular flexibility index (Phi) is 17.7. The Morgan fingerprint density at radius 1 is 1.29 bits per heavy atom. The summed E-state index contributed by atoms with van der Waals surface area (Å²) in [6, 6.07) is 0. The van der Waals surface area contributed by atoms with E-state index in [1.807, 2.05) is 13.8 Å². The zero-order valence-electron chi connectivity index (χ0n) is 9.29. The number of rotatable bonds is 2. The van der Waals surface area contributed by atoms with Crippen LogP contribution < -0.4 is 5.73 Å². The molecule has 1 fully saturated rings. The van der Waals surface area contributed by atoms with Crippen molar-refractivity contribution in [3.63, 3.8) is 0 Å². The molecule has 0 aromatic rings. The standard InChI is InChI=1S/C5H10O.C3H7NOS.C2H6/c1-2-4-6-5-3-1;4-3(5)1-2-6;1-2/h1-5H2;6H,1-2H2,(H2,4,5);1-2H3. The van der Waals surface area contributed by atoms with Crippen LogP contribution in [0.3, 0.4) is 0 Å². The molecular formula is C10H23NO2S. The maximum absolute atomic E-state index is 9.77. The first-order valence-electron chi connectivity index (χ1n) is 5.24. The van der Waals surface area contributed by atoms with Gasteiger partial charge in [0.05, 0.1) is 0 Å². The number of amides is 1. The van der Waals surface area contributed by atoms with E-state index in [1.165, 1.54) is 19.3 Å². The van der Waals surface area contributed by atoms with E-state index in [0.717, 1.165) is 13.2 Å². The normalized spacial score (nSPS) is 14.2. The average Bonchev–Trinajstić information content (AvgIpc) is 2.24. The Balaban J connectivity index is 0. The van der Waals surface area contributed by atoms with Gasteiger partial charge in [-0.2, -0.15) is 12.6 Å². The van der Waals surface area contributed by atoms with Crippen molar-refractivity contribution >= 4 is 18.5 Å². The lowest BCUT2D eigenvalue weighted by molar-refractivity contribution is -0.117. The smallest absolute Gasteiger partial charge is 0.218 e. The van der Waals surface area contributed by atoms with Crippen molar-refractivity contribution in [2.24, 2.45) is 5.73 Å². The van der Waals surface area contributed by atoms with Crippen LogP contribution in [0.4, 0.5) is 0 Å². The van der Waals surface area contributed by atoms with Crippen LogP contribution in [0.5, 0.6) is 0 Å². The topological polar surface area (TPSA) is 52.3 Å². The molecule has 0 aromatic heterocycles. The Labute approximate surface area is 92.8 Å². The fourth-order valence-corrected chi connectivity index (χ4v) is 1.02. The van der Waals surface area contributed by atoms with Gasteiger partial charge in [-0.25, -0.2) is 0 Å². The second-order valence-electron chi connectivity index (χ2n) is 2.61. The highest BCUT2D eigenvalue weighted by molar-refractivity contribution is 7.80. The van der Waals surface area contributed by atoms with E-state index in [9.17, 15) is 4.79 Å². The molecule has 0 aromatic carbocycles. The van der Waals surface area contributed by atoms with Crippen molar-refractivity contribution < 1.29 is 9.53 Å². The maximum atomic E-state index is 9.77. The Morgan fingerprint density at radius 3 is 1.86 bits per heavy atom. The van der Waals surface area contributed by atoms with Crippen LogP contribution >= 0.6 is 12.6 Å². The summed E-state index contributed by atoms with van der Waals surface area (Å²) < 4.78 is 5.07. The average molecular weight is 221 g/mol. The van der Waals surface area contributed by atoms with Crippen LogP contribution in [0.1, 0.15) is 39.5 Å². The highest BCUT2D eigenvalue weighted by Crippen LogP contribution is 2.02. The third kappa shape index (κ3) is 17.8. The summed E-state index contributed by atoms with van der Waals surface area (Å²) in [4.78, 5) is 9.77. The van der Waals surface area contributed by atoms with Gasteiger partial charge in [0.1, 0.15) is 0 Å². The molecule has 0 bridgehead atoms. The largest absolute Gasteiger partial charge is 0.381 e. The SMILES string of the molecule is C1CCOCC1.CC.NC(=O)CCS. The van der Waals surface area contributed by atoms with Gasteiger partial charge in [-0.1, -0.05) is 13.8 Å². The van der Waals surface area contributed by atoms with Gasteiger partial charge in [-0.05, 0) is 25.0 Å². The molecule has 0 unspecified atom stereocenters. The first kappa shape index (κ1) is 16.2. The second-order valence-corrected chi connectivity index (χ2v) is 3.06. The zero-order valence-corrected chi connectivity index (χ0v) is 10.2. The van der Waals surface area contributed by atoms with E-state index >= 15 is 0 Å². The second kappa shape index (κ2) is 15.3. The van der Waals surface area contributed by atoms with Crippen LogP contribution in [0.15, 0.2) is 0 Å². The lowest BCUT2D eigenvalue weighted by atomic mass is 10.2. The number of nitrogens with two attached hydrogens (primary N) is 1. The molecule has 4 heteroatoms. The van der Waals surface area contributed by atoms with Gasteiger partial charge in [0.2, 0.25) is 5.91 Å². The summed E-state index contributed by atoms with van der Waals surface area (Å²) in [6.45, 7) is 6.00. The molecule has 1 aliphatic heterocycles. The monoisotopic (exact) mass is 221 g/mol. The lowest BCUT2D eigenvalue weighted by Crippen LogP contribution is -2.09. The van der Waals surface area contributed by atoms with Gasteiger partial charge in [-0.3, -0.25) is 4.79 Å². The Hall–Kier alpha value is -0.220. The third-order valence-electron chi connectivity index (χ3n) is 1.44. The molecule has 1 aliphatic rings. The van der Waals surface area contributed by atoms with Crippen molar-refractivity contribution in [3.05, 3.63) is 0 Å². The van der Waals surface area contributed by atoms with Gasteiger partial charge in [0.15, 0.2) is 0 Å². The first-order valence-corrected chi connectivity index (χ1v) is 5.87. The van der Waals surface area contributed by atoms with Crippen LogP contribution in [0.25, 0.3) is 0 Å². The van der Waals surface area contributed by atoms with Crippen LogP contribution in [0, 0.1) is 0 Å². The summed E-state index contributed by atoms with van der Waals surface area (Å²) in [5.41, 5.74) is 4.72. The number of hydrogen-bond donors (Lipinski definition) is 2. The quantitative estimate of drug-likeness (QED) is 0.701. The zero-order chi connectivity index (χ0) is 11.2. The number of hydrogen-bond acceptors (Lipinski definition) is 3. The van der Waals surface area contributed by atoms with Crippen LogP contribution in [0.2, 0.25) is 0 Å². The highest BCUT2D eigenvalue weighted by Gasteiger charge is 1.95. The van der Waals surface area contributed by atoms with Gasteiger partial charge in [0.25, 0.3) is 0 Å². The van der Waals surface area contributed by atoms with Gasteiger partial charge >= 0.3 is 0 Å². The molecule has 3 nitrogen and oxygen atoms in total. The van der Waals surface area contributed by atoms with E-state index in [0.29, 0.717) is 12.2 Å². The molecule has 0 aliphatic carbocycles.